The second-order valence-corrected chi connectivity index (χ2v) is 9.17. The third kappa shape index (κ3) is 6.68. The van der Waals surface area contributed by atoms with Crippen LogP contribution in [0.15, 0.2) is 77.2 Å². The number of nitrogens with zero attached hydrogens (tertiary/aromatic N) is 1. The van der Waals surface area contributed by atoms with Gasteiger partial charge >= 0.3 is 0 Å². The Morgan fingerprint density at radius 3 is 2.49 bits per heavy atom. The van der Waals surface area contributed by atoms with Crippen LogP contribution in [0, 0.1) is 17.0 Å². The van der Waals surface area contributed by atoms with Crippen LogP contribution in [0.25, 0.3) is 0 Å². The van der Waals surface area contributed by atoms with Gasteiger partial charge in [-0.3, -0.25) is 14.9 Å². The SMILES string of the molecule is Cc1ccc(C(C)C)c(OCc2ccc(C(=O)Nc3cc(Oc4ccc(Cl)cc4)cc([N+](=O)[O-])c3)o2)c1. The van der Waals surface area contributed by atoms with Gasteiger partial charge in [-0.1, -0.05) is 37.6 Å². The van der Waals surface area contributed by atoms with Crippen molar-refractivity contribution in [1.82, 2.24) is 0 Å². The summed E-state index contributed by atoms with van der Waals surface area (Å²) in [5.74, 6) is 1.61. The van der Waals surface area contributed by atoms with Gasteiger partial charge in [0.1, 0.15) is 29.6 Å². The van der Waals surface area contributed by atoms with Crippen molar-refractivity contribution in [1.29, 1.82) is 0 Å². The molecule has 1 heterocycles. The molecule has 8 nitrogen and oxygen atoms in total. The minimum Gasteiger partial charge on any atom is -0.485 e. The number of carbonyl (C=O) groups excluding carboxylic acids is 1. The van der Waals surface area contributed by atoms with E-state index in [1.54, 1.807) is 30.3 Å². The monoisotopic (exact) mass is 520 g/mol. The van der Waals surface area contributed by atoms with Crippen molar-refractivity contribution in [3.63, 3.8) is 0 Å². The Balaban J connectivity index is 1.47. The lowest BCUT2D eigenvalue weighted by Crippen LogP contribution is -2.11. The molecule has 37 heavy (non-hydrogen) atoms. The Kier molecular flexibility index (Phi) is 7.79. The molecular weight excluding hydrogens is 496 g/mol. The molecule has 190 valence electrons. The summed E-state index contributed by atoms with van der Waals surface area (Å²) in [4.78, 5) is 23.7. The van der Waals surface area contributed by atoms with Crippen molar-refractivity contribution < 1.29 is 23.6 Å². The topological polar surface area (TPSA) is 104 Å². The molecule has 3 aromatic carbocycles. The van der Waals surface area contributed by atoms with Crippen LogP contribution in [-0.2, 0) is 6.61 Å². The maximum Gasteiger partial charge on any atom is 0.291 e. The first-order chi connectivity index (χ1) is 17.7. The lowest BCUT2D eigenvalue weighted by molar-refractivity contribution is -0.384. The molecule has 4 aromatic rings. The van der Waals surface area contributed by atoms with Gasteiger partial charge in [-0.15, -0.1) is 0 Å². The van der Waals surface area contributed by atoms with E-state index in [1.165, 1.54) is 24.3 Å². The molecule has 0 saturated carbocycles. The number of amides is 1. The summed E-state index contributed by atoms with van der Waals surface area (Å²) in [6, 6.07) is 19.8. The molecule has 0 bridgehead atoms. The number of hydrogen-bond acceptors (Lipinski definition) is 6. The number of furan rings is 1. The quantitative estimate of drug-likeness (QED) is 0.178. The zero-order valence-corrected chi connectivity index (χ0v) is 21.2. The zero-order chi connectivity index (χ0) is 26.5. The number of ether oxygens (including phenoxy) is 2. The molecule has 1 aromatic heterocycles. The molecular formula is C28H25ClN2O6. The van der Waals surface area contributed by atoms with Gasteiger partial charge in [0, 0.05) is 17.2 Å². The highest BCUT2D eigenvalue weighted by Gasteiger charge is 2.17. The smallest absolute Gasteiger partial charge is 0.291 e. The molecule has 0 unspecified atom stereocenters. The van der Waals surface area contributed by atoms with Crippen molar-refractivity contribution in [3.05, 3.63) is 111 Å². The number of carbonyl (C=O) groups is 1. The molecule has 1 amide bonds. The predicted octanol–water partition coefficient (Wildman–Crippen LogP) is 7.90. The Hall–Kier alpha value is -4.30. The van der Waals surface area contributed by atoms with E-state index in [2.05, 4.69) is 19.2 Å². The molecule has 0 radical (unpaired) electrons. The van der Waals surface area contributed by atoms with E-state index in [0.717, 1.165) is 16.9 Å². The van der Waals surface area contributed by atoms with Crippen LogP contribution >= 0.6 is 11.6 Å². The standard InChI is InChI=1S/C28H25ClN2O6/c1-17(2)25-10-4-18(3)12-27(25)35-16-23-9-11-26(37-23)28(32)30-20-13-21(31(33)34)15-24(14-20)36-22-7-5-19(29)6-8-22/h4-15,17H,16H2,1-3H3,(H,30,32). The molecule has 0 fully saturated rings. The van der Waals surface area contributed by atoms with Crippen LogP contribution in [0.5, 0.6) is 17.2 Å². The van der Waals surface area contributed by atoms with Crippen molar-refractivity contribution in [2.45, 2.75) is 33.3 Å². The number of halogens is 1. The summed E-state index contributed by atoms with van der Waals surface area (Å²) >= 11 is 5.89. The Morgan fingerprint density at radius 1 is 1.03 bits per heavy atom. The highest BCUT2D eigenvalue weighted by Crippen LogP contribution is 2.31. The first kappa shape index (κ1) is 25.8. The number of nitro groups is 1. The van der Waals surface area contributed by atoms with E-state index < -0.39 is 10.8 Å². The molecule has 1 N–H and O–H groups in total. The summed E-state index contributed by atoms with van der Waals surface area (Å²) in [5, 5.41) is 14.6. The van der Waals surface area contributed by atoms with Crippen LogP contribution < -0.4 is 14.8 Å². The number of benzene rings is 3. The second kappa shape index (κ2) is 11.2. The van der Waals surface area contributed by atoms with Crippen LogP contribution in [-0.4, -0.2) is 10.8 Å². The third-order valence-corrected chi connectivity index (χ3v) is 5.71. The van der Waals surface area contributed by atoms with Crippen LogP contribution in [0.2, 0.25) is 5.02 Å². The molecule has 0 aliphatic heterocycles. The highest BCUT2D eigenvalue weighted by atomic mass is 35.5. The number of aryl methyl sites for hydroxylation is 1. The maximum absolute atomic E-state index is 12.8. The Morgan fingerprint density at radius 2 is 1.78 bits per heavy atom. The molecule has 0 aliphatic carbocycles. The van der Waals surface area contributed by atoms with Crippen molar-refractivity contribution >= 4 is 28.9 Å². The lowest BCUT2D eigenvalue weighted by Gasteiger charge is -2.14. The largest absolute Gasteiger partial charge is 0.485 e. The lowest BCUT2D eigenvalue weighted by atomic mass is 10.0. The third-order valence-electron chi connectivity index (χ3n) is 5.46. The number of nitrogens with one attached hydrogen (secondary N) is 1. The summed E-state index contributed by atoms with van der Waals surface area (Å²) < 4.78 is 17.4. The minimum absolute atomic E-state index is 0.0404. The summed E-state index contributed by atoms with van der Waals surface area (Å²) in [5.41, 5.74) is 2.10. The van der Waals surface area contributed by atoms with Gasteiger partial charge in [0.15, 0.2) is 5.76 Å². The average Bonchev–Trinajstić information content (AvgIpc) is 3.33. The van der Waals surface area contributed by atoms with Gasteiger partial charge < -0.3 is 19.2 Å². The number of non-ortho nitro benzene ring substituents is 1. The van der Waals surface area contributed by atoms with E-state index in [1.807, 2.05) is 25.1 Å². The number of hydrogen-bond donors (Lipinski definition) is 1. The maximum atomic E-state index is 12.8. The highest BCUT2D eigenvalue weighted by molar-refractivity contribution is 6.30. The van der Waals surface area contributed by atoms with Gasteiger partial charge in [-0.25, -0.2) is 0 Å². The predicted molar refractivity (Wildman–Crippen MR) is 141 cm³/mol. The summed E-state index contributed by atoms with van der Waals surface area (Å²) in [6.45, 7) is 6.32. The summed E-state index contributed by atoms with van der Waals surface area (Å²) in [7, 11) is 0. The van der Waals surface area contributed by atoms with Crippen LogP contribution in [0.3, 0.4) is 0 Å². The molecule has 0 aliphatic rings. The van der Waals surface area contributed by atoms with Gasteiger partial charge in [0.25, 0.3) is 11.6 Å². The fourth-order valence-electron chi connectivity index (χ4n) is 3.62. The van der Waals surface area contributed by atoms with E-state index in [4.69, 9.17) is 25.5 Å². The van der Waals surface area contributed by atoms with Gasteiger partial charge in [0.2, 0.25) is 0 Å². The zero-order valence-electron chi connectivity index (χ0n) is 20.5. The van der Waals surface area contributed by atoms with Gasteiger partial charge in [0.05, 0.1) is 16.7 Å². The van der Waals surface area contributed by atoms with Gasteiger partial charge in [-0.05, 0) is 66.4 Å². The molecule has 0 saturated heterocycles. The Labute approximate surface area is 218 Å². The van der Waals surface area contributed by atoms with E-state index in [9.17, 15) is 14.9 Å². The first-order valence-electron chi connectivity index (χ1n) is 11.5. The fraction of sp³-hybridized carbons (Fsp3) is 0.179. The van der Waals surface area contributed by atoms with Crippen molar-refractivity contribution in [2.75, 3.05) is 5.32 Å². The second-order valence-electron chi connectivity index (χ2n) is 8.73. The number of anilines is 1. The van der Waals surface area contributed by atoms with E-state index >= 15 is 0 Å². The van der Waals surface area contributed by atoms with Crippen LogP contribution in [0.4, 0.5) is 11.4 Å². The number of nitro benzene ring substituents is 1. The van der Waals surface area contributed by atoms with Crippen molar-refractivity contribution in [3.8, 4) is 17.2 Å². The first-order valence-corrected chi connectivity index (χ1v) is 11.9. The fourth-order valence-corrected chi connectivity index (χ4v) is 3.75. The van der Waals surface area contributed by atoms with E-state index in [0.29, 0.717) is 16.5 Å². The molecule has 4 rings (SSSR count). The minimum atomic E-state index is -0.567. The van der Waals surface area contributed by atoms with E-state index in [-0.39, 0.29) is 35.4 Å². The number of rotatable bonds is 9. The molecule has 0 atom stereocenters. The van der Waals surface area contributed by atoms with Gasteiger partial charge in [-0.2, -0.15) is 0 Å². The van der Waals surface area contributed by atoms with Crippen LogP contribution in [0.1, 0.15) is 47.2 Å². The normalized spacial score (nSPS) is 10.8. The molecule has 9 heteroatoms. The molecule has 0 spiro atoms. The summed E-state index contributed by atoms with van der Waals surface area (Å²) in [6.07, 6.45) is 0. The van der Waals surface area contributed by atoms with Crippen molar-refractivity contribution in [2.24, 2.45) is 0 Å². The Bertz CT molecular complexity index is 1430. The average molecular weight is 521 g/mol.